The molecule has 9 heteroatoms. The van der Waals surface area contributed by atoms with E-state index in [0.717, 1.165) is 0 Å². The van der Waals surface area contributed by atoms with E-state index < -0.39 is 17.9 Å². The Kier molecular flexibility index (Phi) is 10.4. The summed E-state index contributed by atoms with van der Waals surface area (Å²) < 4.78 is 0. The number of carbonyl (C=O) groups is 3. The molecule has 2 aromatic rings. The summed E-state index contributed by atoms with van der Waals surface area (Å²) in [5.41, 5.74) is 0.345. The topological polar surface area (TPSA) is 173 Å². The van der Waals surface area contributed by atoms with Crippen molar-refractivity contribution < 1.29 is 45.0 Å². The van der Waals surface area contributed by atoms with Crippen molar-refractivity contribution in [3.63, 3.8) is 0 Å². The van der Waals surface area contributed by atoms with Gasteiger partial charge >= 0.3 is 17.9 Å². The summed E-state index contributed by atoms with van der Waals surface area (Å²) in [5, 5.41) is 49.3. The van der Waals surface area contributed by atoms with Gasteiger partial charge in [0.1, 0.15) is 5.75 Å². The third-order valence-corrected chi connectivity index (χ3v) is 2.59. The van der Waals surface area contributed by atoms with Crippen LogP contribution >= 0.6 is 0 Å². The molecule has 2 aromatic carbocycles. The second-order valence-electron chi connectivity index (χ2n) is 4.49. The minimum atomic E-state index is -1.06. The fraction of sp³-hybridized carbons (Fsp3) is 0.118. The number of hydrogen-bond donors (Lipinski definition) is 6. The molecule has 0 aliphatic heterocycles. The standard InChI is InChI=1S/C8H6O4.C7H6O3.C2H6O2/c9-7(10)5-1-2-6(4-3-5)8(11)12;8-6-3-1-5(2-4-6)7(9)10;3-1-2-4/h1-4H,(H,9,10)(H,11,12);1-4,8H,(H,9,10);3-4H,1-2H2. The van der Waals surface area contributed by atoms with Crippen molar-refractivity contribution in [1.82, 2.24) is 0 Å². The third kappa shape index (κ3) is 9.01. The fourth-order valence-electron chi connectivity index (χ4n) is 1.36. The van der Waals surface area contributed by atoms with Gasteiger partial charge in [0.15, 0.2) is 0 Å². The van der Waals surface area contributed by atoms with Crippen LogP contribution in [0.15, 0.2) is 48.5 Å². The van der Waals surface area contributed by atoms with E-state index in [2.05, 4.69) is 0 Å². The molecule has 0 amide bonds. The monoisotopic (exact) mass is 366 g/mol. The Morgan fingerprint density at radius 3 is 1.00 bits per heavy atom. The van der Waals surface area contributed by atoms with E-state index in [0.29, 0.717) is 0 Å². The minimum absolute atomic E-state index is 0.0741. The highest BCUT2D eigenvalue weighted by atomic mass is 16.4. The Balaban J connectivity index is 0.000000405. The molecule has 0 aliphatic carbocycles. The summed E-state index contributed by atoms with van der Waals surface area (Å²) in [5.74, 6) is -3.04. The van der Waals surface area contributed by atoms with Crippen LogP contribution in [0.2, 0.25) is 0 Å². The van der Waals surface area contributed by atoms with Crippen molar-refractivity contribution >= 4 is 17.9 Å². The third-order valence-electron chi connectivity index (χ3n) is 2.59. The van der Waals surface area contributed by atoms with E-state index in [4.69, 9.17) is 30.6 Å². The lowest BCUT2D eigenvalue weighted by Gasteiger charge is -1.94. The van der Waals surface area contributed by atoms with Gasteiger partial charge in [-0.3, -0.25) is 0 Å². The zero-order chi connectivity index (χ0) is 20.1. The molecule has 140 valence electrons. The van der Waals surface area contributed by atoms with Crippen molar-refractivity contribution in [2.75, 3.05) is 13.2 Å². The van der Waals surface area contributed by atoms with Gasteiger partial charge in [0, 0.05) is 0 Å². The number of phenols is 1. The first-order valence-corrected chi connectivity index (χ1v) is 7.03. The number of carboxylic acid groups (broad SMARTS) is 3. The predicted octanol–water partition coefficient (Wildman–Crippen LogP) is 1.14. The van der Waals surface area contributed by atoms with Crippen molar-refractivity contribution in [3.05, 3.63) is 65.2 Å². The van der Waals surface area contributed by atoms with E-state index in [1.165, 1.54) is 48.5 Å². The van der Waals surface area contributed by atoms with Crippen molar-refractivity contribution in [1.29, 1.82) is 0 Å². The van der Waals surface area contributed by atoms with Gasteiger partial charge in [-0.15, -0.1) is 0 Å². The molecular formula is C17H18O9. The minimum Gasteiger partial charge on any atom is -0.508 e. The van der Waals surface area contributed by atoms with Crippen LogP contribution in [0.25, 0.3) is 0 Å². The van der Waals surface area contributed by atoms with Crippen molar-refractivity contribution in [2.45, 2.75) is 0 Å². The second-order valence-corrected chi connectivity index (χ2v) is 4.49. The molecule has 9 nitrogen and oxygen atoms in total. The zero-order valence-electron chi connectivity index (χ0n) is 13.4. The molecule has 6 N–H and O–H groups in total. The summed E-state index contributed by atoms with van der Waals surface area (Å²) in [7, 11) is 0. The van der Waals surface area contributed by atoms with Gasteiger partial charge in [-0.05, 0) is 48.5 Å². The highest BCUT2D eigenvalue weighted by Gasteiger charge is 2.04. The summed E-state index contributed by atoms with van der Waals surface area (Å²) in [4.78, 5) is 30.9. The lowest BCUT2D eigenvalue weighted by Crippen LogP contribution is -1.99. The molecule has 0 aliphatic rings. The van der Waals surface area contributed by atoms with Gasteiger partial charge in [-0.25, -0.2) is 14.4 Å². The number of aliphatic hydroxyl groups is 2. The number of aliphatic hydroxyl groups excluding tert-OH is 2. The van der Waals surface area contributed by atoms with Crippen LogP contribution in [-0.4, -0.2) is 61.8 Å². The van der Waals surface area contributed by atoms with E-state index >= 15 is 0 Å². The van der Waals surface area contributed by atoms with E-state index in [1.807, 2.05) is 0 Å². The van der Waals surface area contributed by atoms with Gasteiger partial charge in [0.2, 0.25) is 0 Å². The van der Waals surface area contributed by atoms with Gasteiger partial charge in [0.05, 0.1) is 29.9 Å². The number of carboxylic acids is 3. The first kappa shape index (κ1) is 22.6. The Hall–Kier alpha value is -3.43. The van der Waals surface area contributed by atoms with Gasteiger partial charge in [-0.2, -0.15) is 0 Å². The molecule has 0 unspecified atom stereocenters. The average molecular weight is 366 g/mol. The first-order valence-electron chi connectivity index (χ1n) is 7.03. The highest BCUT2D eigenvalue weighted by molar-refractivity contribution is 5.91. The number of aromatic hydroxyl groups is 1. The number of benzene rings is 2. The number of phenolic OH excluding ortho intramolecular Hbond substituents is 1. The summed E-state index contributed by atoms with van der Waals surface area (Å²) in [6.07, 6.45) is 0. The largest absolute Gasteiger partial charge is 0.508 e. The van der Waals surface area contributed by atoms with Crippen LogP contribution in [0, 0.1) is 0 Å². The van der Waals surface area contributed by atoms with Crippen molar-refractivity contribution in [2.24, 2.45) is 0 Å². The quantitative estimate of drug-likeness (QED) is 0.464. The SMILES string of the molecule is O=C(O)c1ccc(C(=O)O)cc1.O=C(O)c1ccc(O)cc1.OCCO. The summed E-state index contributed by atoms with van der Waals surface area (Å²) >= 11 is 0. The highest BCUT2D eigenvalue weighted by Crippen LogP contribution is 2.08. The van der Waals surface area contributed by atoms with Crippen LogP contribution in [0.5, 0.6) is 5.75 Å². The molecule has 2 rings (SSSR count). The van der Waals surface area contributed by atoms with E-state index in [9.17, 15) is 14.4 Å². The van der Waals surface area contributed by atoms with Crippen LogP contribution < -0.4 is 0 Å². The average Bonchev–Trinajstić information content (AvgIpc) is 2.63. The lowest BCUT2D eigenvalue weighted by molar-refractivity contribution is 0.0681. The number of aromatic carboxylic acids is 3. The molecule has 0 radical (unpaired) electrons. The molecule has 0 saturated carbocycles. The van der Waals surface area contributed by atoms with E-state index in [-0.39, 0.29) is 35.7 Å². The molecular weight excluding hydrogens is 348 g/mol. The van der Waals surface area contributed by atoms with Crippen LogP contribution in [-0.2, 0) is 0 Å². The van der Waals surface area contributed by atoms with Gasteiger partial charge < -0.3 is 30.6 Å². The lowest BCUT2D eigenvalue weighted by atomic mass is 10.1. The Bertz CT molecular complexity index is 671. The smallest absolute Gasteiger partial charge is 0.335 e. The zero-order valence-corrected chi connectivity index (χ0v) is 13.4. The molecule has 0 bridgehead atoms. The van der Waals surface area contributed by atoms with Crippen LogP contribution in [0.1, 0.15) is 31.1 Å². The Morgan fingerprint density at radius 1 is 0.577 bits per heavy atom. The van der Waals surface area contributed by atoms with Gasteiger partial charge in [0.25, 0.3) is 0 Å². The Morgan fingerprint density at radius 2 is 0.808 bits per heavy atom. The van der Waals surface area contributed by atoms with Crippen LogP contribution in [0.3, 0.4) is 0 Å². The number of hydrogen-bond acceptors (Lipinski definition) is 6. The second kappa shape index (κ2) is 12.0. The van der Waals surface area contributed by atoms with Crippen molar-refractivity contribution in [3.8, 4) is 5.75 Å². The maximum Gasteiger partial charge on any atom is 0.335 e. The van der Waals surface area contributed by atoms with Gasteiger partial charge in [-0.1, -0.05) is 0 Å². The molecule has 0 saturated heterocycles. The number of rotatable bonds is 4. The molecule has 26 heavy (non-hydrogen) atoms. The molecule has 0 heterocycles. The first-order chi connectivity index (χ1) is 12.2. The molecule has 0 fully saturated rings. The predicted molar refractivity (Wildman–Crippen MR) is 89.6 cm³/mol. The maximum absolute atomic E-state index is 10.3. The summed E-state index contributed by atoms with van der Waals surface area (Å²) in [6, 6.07) is 10.4. The molecule has 0 atom stereocenters. The van der Waals surface area contributed by atoms with E-state index in [1.54, 1.807) is 0 Å². The fourth-order valence-corrected chi connectivity index (χ4v) is 1.36. The molecule has 0 spiro atoms. The maximum atomic E-state index is 10.3. The molecule has 0 aromatic heterocycles. The van der Waals surface area contributed by atoms with Crippen LogP contribution in [0.4, 0.5) is 0 Å². The Labute approximate surface area is 148 Å². The summed E-state index contributed by atoms with van der Waals surface area (Å²) in [6.45, 7) is -0.250. The normalized spacial score (nSPS) is 9.00.